The molecule has 0 spiro atoms. The molecule has 6 nitrogen and oxygen atoms in total. The van der Waals surface area contributed by atoms with Gasteiger partial charge < -0.3 is 16.2 Å². The zero-order chi connectivity index (χ0) is 14.4. The largest absolute Gasteiger partial charge is 0.396 e. The second-order valence-corrected chi connectivity index (χ2v) is 4.73. The number of nitrogens with zero attached hydrogens (tertiary/aromatic N) is 1. The summed E-state index contributed by atoms with van der Waals surface area (Å²) in [5.74, 6) is 0. The van der Waals surface area contributed by atoms with Gasteiger partial charge in [-0.2, -0.15) is 0 Å². The number of aliphatic hydroxyl groups is 1. The van der Waals surface area contributed by atoms with Crippen molar-refractivity contribution in [1.29, 1.82) is 0 Å². The van der Waals surface area contributed by atoms with Gasteiger partial charge in [0.2, 0.25) is 0 Å². The summed E-state index contributed by atoms with van der Waals surface area (Å²) < 4.78 is 0. The number of rotatable bonds is 7. The first-order valence-corrected chi connectivity index (χ1v) is 6.36. The van der Waals surface area contributed by atoms with Crippen LogP contribution >= 0.6 is 0 Å². The molecule has 0 aliphatic carbocycles. The van der Waals surface area contributed by atoms with Crippen molar-refractivity contribution in [2.24, 2.45) is 0 Å². The predicted octanol–water partition coefficient (Wildman–Crippen LogP) is 1.99. The minimum Gasteiger partial charge on any atom is -0.396 e. The summed E-state index contributed by atoms with van der Waals surface area (Å²) in [6.45, 7) is 4.15. The number of hydrogen-bond donors (Lipinski definition) is 3. The fraction of sp³-hybridized carbons (Fsp3) is 0.538. The lowest BCUT2D eigenvalue weighted by atomic mass is 10.0. The number of hydrogen-bond acceptors (Lipinski definition) is 5. The molecule has 4 N–H and O–H groups in total. The van der Waals surface area contributed by atoms with Gasteiger partial charge in [0.1, 0.15) is 5.69 Å². The summed E-state index contributed by atoms with van der Waals surface area (Å²) in [7, 11) is 0. The number of nitrogens with two attached hydrogens (primary N) is 1. The fourth-order valence-electron chi connectivity index (χ4n) is 1.99. The molecular formula is C13H21N3O3. The van der Waals surface area contributed by atoms with Gasteiger partial charge >= 0.3 is 0 Å². The van der Waals surface area contributed by atoms with Crippen molar-refractivity contribution in [3.63, 3.8) is 0 Å². The minimum absolute atomic E-state index is 0.00649. The van der Waals surface area contributed by atoms with Crippen molar-refractivity contribution >= 4 is 11.4 Å². The van der Waals surface area contributed by atoms with E-state index in [0.717, 1.165) is 18.4 Å². The van der Waals surface area contributed by atoms with E-state index in [4.69, 9.17) is 10.8 Å². The third-order valence-corrected chi connectivity index (χ3v) is 3.08. The van der Waals surface area contributed by atoms with Crippen molar-refractivity contribution in [1.82, 2.24) is 5.32 Å². The van der Waals surface area contributed by atoms with Crippen LogP contribution < -0.4 is 11.1 Å². The number of nitro benzene ring substituents is 1. The molecule has 0 saturated carbocycles. The lowest BCUT2D eigenvalue weighted by Gasteiger charge is -2.20. The van der Waals surface area contributed by atoms with Crippen LogP contribution in [0.5, 0.6) is 0 Å². The average Bonchev–Trinajstić information content (AvgIpc) is 2.36. The lowest BCUT2D eigenvalue weighted by Crippen LogP contribution is -2.29. The highest BCUT2D eigenvalue weighted by Crippen LogP contribution is 2.25. The Hall–Kier alpha value is -1.66. The lowest BCUT2D eigenvalue weighted by molar-refractivity contribution is -0.384. The van der Waals surface area contributed by atoms with Crippen molar-refractivity contribution in [3.05, 3.63) is 33.9 Å². The van der Waals surface area contributed by atoms with E-state index >= 15 is 0 Å². The van der Waals surface area contributed by atoms with Gasteiger partial charge in [-0.05, 0) is 38.3 Å². The van der Waals surface area contributed by atoms with Crippen molar-refractivity contribution in [2.45, 2.75) is 38.8 Å². The third kappa shape index (κ3) is 4.50. The summed E-state index contributed by atoms with van der Waals surface area (Å²) in [5, 5.41) is 23.0. The smallest absolute Gasteiger partial charge is 0.292 e. The Morgan fingerprint density at radius 3 is 2.74 bits per heavy atom. The molecule has 0 unspecified atom stereocenters. The molecule has 0 heterocycles. The molecule has 1 rings (SSSR count). The molecule has 0 aromatic heterocycles. The molecule has 0 amide bonds. The Balaban J connectivity index is 2.74. The number of nitrogens with one attached hydrogen (secondary N) is 1. The van der Waals surface area contributed by atoms with Gasteiger partial charge in [0.15, 0.2) is 0 Å². The van der Waals surface area contributed by atoms with E-state index in [9.17, 15) is 10.1 Å². The maximum atomic E-state index is 10.8. The number of anilines is 1. The van der Waals surface area contributed by atoms with Gasteiger partial charge in [-0.25, -0.2) is 0 Å². The molecule has 0 radical (unpaired) electrons. The summed E-state index contributed by atoms with van der Waals surface area (Å²) in [6.07, 6.45) is 1.60. The molecule has 2 atom stereocenters. The van der Waals surface area contributed by atoms with Crippen LogP contribution in [0.1, 0.15) is 38.3 Å². The summed E-state index contributed by atoms with van der Waals surface area (Å²) in [6, 6.07) is 5.08. The first kappa shape index (κ1) is 15.4. The van der Waals surface area contributed by atoms with E-state index in [1.54, 1.807) is 12.1 Å². The molecule has 0 aliphatic heterocycles. The third-order valence-electron chi connectivity index (χ3n) is 3.08. The molecule has 0 fully saturated rings. The molecule has 1 aromatic rings. The topological polar surface area (TPSA) is 101 Å². The molecule has 106 valence electrons. The van der Waals surface area contributed by atoms with Gasteiger partial charge in [-0.15, -0.1) is 0 Å². The van der Waals surface area contributed by atoms with Crippen LogP contribution in [-0.2, 0) is 0 Å². The second kappa shape index (κ2) is 7.06. The Morgan fingerprint density at radius 2 is 2.16 bits per heavy atom. The first-order valence-electron chi connectivity index (χ1n) is 6.36. The maximum absolute atomic E-state index is 10.8. The Kier molecular flexibility index (Phi) is 5.72. The van der Waals surface area contributed by atoms with E-state index < -0.39 is 4.92 Å². The van der Waals surface area contributed by atoms with E-state index in [1.807, 2.05) is 13.8 Å². The van der Waals surface area contributed by atoms with Crippen molar-refractivity contribution in [2.75, 3.05) is 12.3 Å². The molecule has 0 saturated heterocycles. The van der Waals surface area contributed by atoms with Gasteiger partial charge in [0.25, 0.3) is 5.69 Å². The normalized spacial score (nSPS) is 14.1. The standard InChI is InChI=1S/C13H21N3O3/c1-9(4-3-7-17)15-10(2)11-5-6-12(14)13(8-11)16(18)19/h5-6,8-10,15,17H,3-4,7,14H2,1-2H3/t9-,10-/m1/s1. The van der Waals surface area contributed by atoms with E-state index in [-0.39, 0.29) is 30.1 Å². The monoisotopic (exact) mass is 267 g/mol. The molecular weight excluding hydrogens is 246 g/mol. The Morgan fingerprint density at radius 1 is 1.47 bits per heavy atom. The summed E-state index contributed by atoms with van der Waals surface area (Å²) >= 11 is 0. The van der Waals surface area contributed by atoms with E-state index in [1.165, 1.54) is 6.07 Å². The van der Waals surface area contributed by atoms with E-state index in [0.29, 0.717) is 0 Å². The Bertz CT molecular complexity index is 437. The zero-order valence-electron chi connectivity index (χ0n) is 11.3. The van der Waals surface area contributed by atoms with Crippen LogP contribution in [0.25, 0.3) is 0 Å². The molecule has 6 heteroatoms. The minimum atomic E-state index is -0.471. The first-order chi connectivity index (χ1) is 8.95. The van der Waals surface area contributed by atoms with Crippen LogP contribution in [0.3, 0.4) is 0 Å². The van der Waals surface area contributed by atoms with Crippen LogP contribution in [-0.4, -0.2) is 22.7 Å². The van der Waals surface area contributed by atoms with Crippen molar-refractivity contribution in [3.8, 4) is 0 Å². The number of benzene rings is 1. The maximum Gasteiger partial charge on any atom is 0.292 e. The highest BCUT2D eigenvalue weighted by atomic mass is 16.6. The predicted molar refractivity (Wildman–Crippen MR) is 74.8 cm³/mol. The molecule has 1 aromatic carbocycles. The molecule has 19 heavy (non-hydrogen) atoms. The van der Waals surface area contributed by atoms with Crippen LogP contribution in [0, 0.1) is 10.1 Å². The summed E-state index contributed by atoms with van der Waals surface area (Å²) in [4.78, 5) is 10.4. The SMILES string of the molecule is C[C@H](CCCO)N[C@H](C)c1ccc(N)c([N+](=O)[O-])c1. The van der Waals surface area contributed by atoms with Crippen LogP contribution in [0.15, 0.2) is 18.2 Å². The van der Waals surface area contributed by atoms with Gasteiger partial charge in [0.05, 0.1) is 4.92 Å². The van der Waals surface area contributed by atoms with Crippen LogP contribution in [0.2, 0.25) is 0 Å². The summed E-state index contributed by atoms with van der Waals surface area (Å²) in [5.41, 5.74) is 6.51. The highest BCUT2D eigenvalue weighted by molar-refractivity contribution is 5.59. The molecule has 0 aliphatic rings. The second-order valence-electron chi connectivity index (χ2n) is 4.73. The van der Waals surface area contributed by atoms with Gasteiger partial charge in [-0.3, -0.25) is 10.1 Å². The number of aliphatic hydroxyl groups excluding tert-OH is 1. The van der Waals surface area contributed by atoms with Crippen molar-refractivity contribution < 1.29 is 10.0 Å². The molecule has 0 bridgehead atoms. The number of nitro groups is 1. The average molecular weight is 267 g/mol. The fourth-order valence-corrected chi connectivity index (χ4v) is 1.99. The number of nitrogen functional groups attached to an aromatic ring is 1. The van der Waals surface area contributed by atoms with Crippen LogP contribution in [0.4, 0.5) is 11.4 Å². The highest BCUT2D eigenvalue weighted by Gasteiger charge is 2.16. The Labute approximate surface area is 112 Å². The quantitative estimate of drug-likeness (QED) is 0.398. The van der Waals surface area contributed by atoms with E-state index in [2.05, 4.69) is 5.32 Å². The van der Waals surface area contributed by atoms with Gasteiger partial charge in [-0.1, -0.05) is 6.07 Å². The zero-order valence-corrected chi connectivity index (χ0v) is 11.3. The van der Waals surface area contributed by atoms with Gasteiger partial charge in [0, 0.05) is 24.8 Å².